The van der Waals surface area contributed by atoms with Gasteiger partial charge in [-0.1, -0.05) is 30.3 Å². The molecule has 0 saturated heterocycles. The van der Waals surface area contributed by atoms with Crippen LogP contribution >= 0.6 is 0 Å². The van der Waals surface area contributed by atoms with Crippen molar-refractivity contribution in [2.75, 3.05) is 6.79 Å². The Morgan fingerprint density at radius 1 is 1.12 bits per heavy atom. The molecule has 0 atom stereocenters. The van der Waals surface area contributed by atoms with E-state index in [1.54, 1.807) is 10.9 Å². The van der Waals surface area contributed by atoms with Crippen molar-refractivity contribution in [1.82, 2.24) is 20.3 Å². The van der Waals surface area contributed by atoms with Crippen LogP contribution in [0.5, 0.6) is 11.5 Å². The highest BCUT2D eigenvalue weighted by Gasteiger charge is 2.15. The maximum atomic E-state index is 12.3. The Morgan fingerprint density at radius 3 is 2.69 bits per heavy atom. The Hall–Kier alpha value is -3.35. The number of benzene rings is 2. The molecule has 0 aliphatic carbocycles. The lowest BCUT2D eigenvalue weighted by molar-refractivity contribution is 0.0945. The van der Waals surface area contributed by atoms with E-state index in [1.807, 2.05) is 42.5 Å². The molecule has 26 heavy (non-hydrogen) atoms. The van der Waals surface area contributed by atoms with Gasteiger partial charge in [-0.25, -0.2) is 4.68 Å². The van der Waals surface area contributed by atoms with E-state index in [1.165, 1.54) is 5.56 Å². The van der Waals surface area contributed by atoms with Crippen molar-refractivity contribution in [2.45, 2.75) is 19.9 Å². The second kappa shape index (κ2) is 6.87. The Morgan fingerprint density at radius 2 is 1.88 bits per heavy atom. The van der Waals surface area contributed by atoms with Gasteiger partial charge in [0, 0.05) is 6.54 Å². The number of hydrogen-bond donors (Lipinski definition) is 1. The van der Waals surface area contributed by atoms with E-state index >= 15 is 0 Å². The number of nitrogens with zero attached hydrogens (tertiary/aromatic N) is 3. The van der Waals surface area contributed by atoms with Gasteiger partial charge in [-0.05, 0) is 41.8 Å². The molecule has 0 radical (unpaired) electrons. The number of amides is 1. The smallest absolute Gasteiger partial charge is 0.273 e. The van der Waals surface area contributed by atoms with Crippen molar-refractivity contribution in [3.05, 3.63) is 65.5 Å². The normalized spacial score (nSPS) is 12.2. The fourth-order valence-corrected chi connectivity index (χ4v) is 2.70. The molecule has 1 N–H and O–H groups in total. The van der Waals surface area contributed by atoms with E-state index in [0.29, 0.717) is 12.3 Å². The minimum Gasteiger partial charge on any atom is -0.454 e. The Labute approximate surface area is 150 Å². The third kappa shape index (κ3) is 3.23. The Balaban J connectivity index is 1.41. The molecule has 7 nitrogen and oxygen atoms in total. The maximum Gasteiger partial charge on any atom is 0.273 e. The molecule has 132 valence electrons. The summed E-state index contributed by atoms with van der Waals surface area (Å²) in [6.07, 6.45) is 2.60. The van der Waals surface area contributed by atoms with E-state index in [4.69, 9.17) is 9.47 Å². The number of rotatable bonds is 5. The van der Waals surface area contributed by atoms with Crippen LogP contribution in [0.3, 0.4) is 0 Å². The van der Waals surface area contributed by atoms with E-state index < -0.39 is 0 Å². The summed E-state index contributed by atoms with van der Waals surface area (Å²) in [6, 6.07) is 13.6. The predicted molar refractivity (Wildman–Crippen MR) is 94.5 cm³/mol. The lowest BCUT2D eigenvalue weighted by atomic mass is 10.1. The molecule has 2 heterocycles. The number of fused-ring (bicyclic) bond motifs is 1. The third-order valence-corrected chi connectivity index (χ3v) is 4.23. The standard InChI is InChI=1S/C19H18N4O3/c1-2-13-3-6-15(7-4-13)23-11-16(21-22-23)19(24)20-10-14-5-8-17-18(9-14)26-12-25-17/h3-9,11H,2,10,12H2,1H3,(H,20,24). The van der Waals surface area contributed by atoms with Gasteiger partial charge in [-0.3, -0.25) is 4.79 Å². The van der Waals surface area contributed by atoms with Crippen LogP contribution in [-0.2, 0) is 13.0 Å². The van der Waals surface area contributed by atoms with E-state index in [0.717, 1.165) is 23.4 Å². The summed E-state index contributed by atoms with van der Waals surface area (Å²) < 4.78 is 12.2. The minimum atomic E-state index is -0.279. The third-order valence-electron chi connectivity index (χ3n) is 4.23. The van der Waals surface area contributed by atoms with E-state index in [-0.39, 0.29) is 18.4 Å². The molecule has 1 amide bonds. The summed E-state index contributed by atoms with van der Waals surface area (Å²) >= 11 is 0. The first kappa shape index (κ1) is 16.1. The maximum absolute atomic E-state index is 12.3. The Bertz CT molecular complexity index is 934. The van der Waals surface area contributed by atoms with Crippen LogP contribution < -0.4 is 14.8 Å². The highest BCUT2D eigenvalue weighted by molar-refractivity contribution is 5.91. The first-order valence-corrected chi connectivity index (χ1v) is 8.41. The van der Waals surface area contributed by atoms with Gasteiger partial charge in [0.1, 0.15) is 0 Å². The number of carbonyl (C=O) groups is 1. The van der Waals surface area contributed by atoms with Crippen molar-refractivity contribution in [1.29, 1.82) is 0 Å². The molecule has 1 aliphatic rings. The quantitative estimate of drug-likeness (QED) is 0.765. The van der Waals surface area contributed by atoms with Gasteiger partial charge in [0.05, 0.1) is 11.9 Å². The van der Waals surface area contributed by atoms with Gasteiger partial charge in [-0.15, -0.1) is 5.10 Å². The second-order valence-electron chi connectivity index (χ2n) is 5.94. The van der Waals surface area contributed by atoms with Crippen LogP contribution in [0.4, 0.5) is 0 Å². The van der Waals surface area contributed by atoms with E-state index in [2.05, 4.69) is 22.6 Å². The highest BCUT2D eigenvalue weighted by Crippen LogP contribution is 2.32. The van der Waals surface area contributed by atoms with Gasteiger partial charge in [-0.2, -0.15) is 0 Å². The highest BCUT2D eigenvalue weighted by atomic mass is 16.7. The van der Waals surface area contributed by atoms with Gasteiger partial charge >= 0.3 is 0 Å². The van der Waals surface area contributed by atoms with Gasteiger partial charge in [0.25, 0.3) is 5.91 Å². The Kier molecular flexibility index (Phi) is 4.27. The number of ether oxygens (including phenoxy) is 2. The number of nitrogens with one attached hydrogen (secondary N) is 1. The lowest BCUT2D eigenvalue weighted by Gasteiger charge is -2.04. The molecule has 0 saturated carbocycles. The average molecular weight is 350 g/mol. The van der Waals surface area contributed by atoms with Gasteiger partial charge in [0.2, 0.25) is 6.79 Å². The molecule has 3 aromatic rings. The first-order valence-electron chi connectivity index (χ1n) is 8.41. The SMILES string of the molecule is CCc1ccc(-n2cc(C(=O)NCc3ccc4c(c3)OCO4)nn2)cc1. The summed E-state index contributed by atoms with van der Waals surface area (Å²) in [5.41, 5.74) is 3.30. The van der Waals surface area contributed by atoms with Crippen molar-refractivity contribution in [3.8, 4) is 17.2 Å². The molecule has 0 spiro atoms. The molecule has 1 aromatic heterocycles. The van der Waals surface area contributed by atoms with Gasteiger partial charge in [0.15, 0.2) is 17.2 Å². The van der Waals surface area contributed by atoms with E-state index in [9.17, 15) is 4.79 Å². The van der Waals surface area contributed by atoms with Crippen molar-refractivity contribution < 1.29 is 14.3 Å². The lowest BCUT2D eigenvalue weighted by Crippen LogP contribution is -2.23. The average Bonchev–Trinajstić information content (AvgIpc) is 3.35. The molecule has 0 bridgehead atoms. The van der Waals surface area contributed by atoms with Crippen LogP contribution in [0.15, 0.2) is 48.7 Å². The van der Waals surface area contributed by atoms with Crippen LogP contribution in [0.1, 0.15) is 28.5 Å². The fourth-order valence-electron chi connectivity index (χ4n) is 2.70. The molecule has 0 unspecified atom stereocenters. The molecular weight excluding hydrogens is 332 g/mol. The number of aryl methyl sites for hydroxylation is 1. The molecule has 0 fully saturated rings. The summed E-state index contributed by atoms with van der Waals surface area (Å²) in [4.78, 5) is 12.3. The minimum absolute atomic E-state index is 0.230. The van der Waals surface area contributed by atoms with Crippen LogP contribution in [0, 0.1) is 0 Å². The zero-order valence-corrected chi connectivity index (χ0v) is 14.3. The van der Waals surface area contributed by atoms with Crippen molar-refractivity contribution in [3.63, 3.8) is 0 Å². The van der Waals surface area contributed by atoms with Crippen molar-refractivity contribution in [2.24, 2.45) is 0 Å². The van der Waals surface area contributed by atoms with Gasteiger partial charge < -0.3 is 14.8 Å². The monoisotopic (exact) mass is 350 g/mol. The molecule has 2 aromatic carbocycles. The largest absolute Gasteiger partial charge is 0.454 e. The van der Waals surface area contributed by atoms with Crippen LogP contribution in [0.25, 0.3) is 5.69 Å². The first-order chi connectivity index (χ1) is 12.7. The molecule has 7 heteroatoms. The topological polar surface area (TPSA) is 78.3 Å². The molecule has 1 aliphatic heterocycles. The fraction of sp³-hybridized carbons (Fsp3) is 0.211. The predicted octanol–water partition coefficient (Wildman–Crippen LogP) is 2.49. The van der Waals surface area contributed by atoms with Crippen LogP contribution in [-0.4, -0.2) is 27.7 Å². The number of hydrogen-bond acceptors (Lipinski definition) is 5. The van der Waals surface area contributed by atoms with Crippen LogP contribution in [0.2, 0.25) is 0 Å². The zero-order chi connectivity index (χ0) is 17.9. The summed E-state index contributed by atoms with van der Waals surface area (Å²) in [5, 5.41) is 10.8. The molecular formula is C19H18N4O3. The zero-order valence-electron chi connectivity index (χ0n) is 14.3. The summed E-state index contributed by atoms with van der Waals surface area (Å²) in [5.74, 6) is 1.13. The number of carbonyl (C=O) groups excluding carboxylic acids is 1. The molecule has 4 rings (SSSR count). The summed E-state index contributed by atoms with van der Waals surface area (Å²) in [7, 11) is 0. The number of aromatic nitrogens is 3. The second-order valence-corrected chi connectivity index (χ2v) is 5.94. The van der Waals surface area contributed by atoms with Crippen molar-refractivity contribution >= 4 is 5.91 Å². The summed E-state index contributed by atoms with van der Waals surface area (Å²) in [6.45, 7) is 2.70.